The standard InChI is InChI=1S/C38H56N4O4S/c1-25(30-21-27-9-7-10-28(20-27)22-30)40-35(43)33-34(47-32-13-5-4-6-14-32)36(42-46-33)45-24-38(2,3)37(44)41-31-12-8-11-29(23-31)19-26-15-17-39-18-16-26/h8,11-12,23,25-28,30,32,39H,4-7,9-10,13-22,24H2,1-3H3,(H,40,43)(H,41,44). The van der Waals surface area contributed by atoms with Gasteiger partial charge in [0, 0.05) is 17.0 Å². The van der Waals surface area contributed by atoms with Crippen LogP contribution in [0.5, 0.6) is 5.88 Å². The van der Waals surface area contributed by atoms with Gasteiger partial charge in [-0.1, -0.05) is 50.7 Å². The van der Waals surface area contributed by atoms with Crippen molar-refractivity contribution in [2.24, 2.45) is 29.1 Å². The van der Waals surface area contributed by atoms with Crippen molar-refractivity contribution in [2.75, 3.05) is 25.0 Å². The Balaban J connectivity index is 1.10. The van der Waals surface area contributed by atoms with E-state index >= 15 is 0 Å². The van der Waals surface area contributed by atoms with Crippen LogP contribution in [-0.2, 0) is 11.2 Å². The van der Waals surface area contributed by atoms with Gasteiger partial charge in [-0.05, 0) is 132 Å². The van der Waals surface area contributed by atoms with Gasteiger partial charge < -0.3 is 25.2 Å². The predicted molar refractivity (Wildman–Crippen MR) is 188 cm³/mol. The Morgan fingerprint density at radius 2 is 1.77 bits per heavy atom. The zero-order chi connectivity index (χ0) is 32.8. The van der Waals surface area contributed by atoms with E-state index in [0.717, 1.165) is 49.9 Å². The molecule has 9 heteroatoms. The summed E-state index contributed by atoms with van der Waals surface area (Å²) in [7, 11) is 0. The van der Waals surface area contributed by atoms with Crippen LogP contribution in [-0.4, -0.2) is 48.0 Å². The number of ether oxygens (including phenoxy) is 1. The van der Waals surface area contributed by atoms with Crippen LogP contribution >= 0.6 is 11.8 Å². The zero-order valence-electron chi connectivity index (χ0n) is 28.8. The smallest absolute Gasteiger partial charge is 0.291 e. The first-order valence-corrected chi connectivity index (χ1v) is 19.3. The van der Waals surface area contributed by atoms with Crippen molar-refractivity contribution in [3.8, 4) is 5.88 Å². The van der Waals surface area contributed by atoms with Gasteiger partial charge in [-0.15, -0.1) is 11.8 Å². The molecule has 47 heavy (non-hydrogen) atoms. The van der Waals surface area contributed by atoms with Gasteiger partial charge in [-0.2, -0.15) is 0 Å². The molecule has 3 aliphatic carbocycles. The Bertz CT molecular complexity index is 1340. The SMILES string of the molecule is CC(NC(=O)c1onc(OCC(C)(C)C(=O)Nc2cccc(CC3CCNCC3)c2)c1SC1CCCCC1)C1CC2CCCC(C2)C1. The molecule has 4 aliphatic rings. The third kappa shape index (κ3) is 9.14. The number of rotatable bonds is 12. The predicted octanol–water partition coefficient (Wildman–Crippen LogP) is 8.02. The number of aromatic nitrogens is 1. The molecular weight excluding hydrogens is 609 g/mol. The summed E-state index contributed by atoms with van der Waals surface area (Å²) in [6, 6.07) is 8.29. The van der Waals surface area contributed by atoms with Crippen molar-refractivity contribution < 1.29 is 18.8 Å². The van der Waals surface area contributed by atoms with Crippen molar-refractivity contribution in [1.82, 2.24) is 15.8 Å². The van der Waals surface area contributed by atoms with Gasteiger partial charge in [0.05, 0.1) is 5.41 Å². The second-order valence-corrected chi connectivity index (χ2v) is 17.0. The number of thioether (sulfide) groups is 1. The number of benzene rings is 1. The molecule has 2 amide bonds. The summed E-state index contributed by atoms with van der Waals surface area (Å²) in [6.45, 7) is 8.17. The Morgan fingerprint density at radius 3 is 2.51 bits per heavy atom. The minimum Gasteiger partial charge on any atom is -0.474 e. The number of anilines is 1. The fourth-order valence-electron chi connectivity index (χ4n) is 8.35. The number of hydrogen-bond acceptors (Lipinski definition) is 7. The topological polar surface area (TPSA) is 105 Å². The van der Waals surface area contributed by atoms with Crippen LogP contribution in [0, 0.1) is 29.1 Å². The van der Waals surface area contributed by atoms with Gasteiger partial charge in [0.15, 0.2) is 0 Å². The molecule has 1 saturated heterocycles. The van der Waals surface area contributed by atoms with Crippen LogP contribution in [0.2, 0.25) is 0 Å². The molecule has 4 fully saturated rings. The second-order valence-electron chi connectivity index (χ2n) is 15.6. The Hall–Kier alpha value is -2.52. The van der Waals surface area contributed by atoms with E-state index in [1.54, 1.807) is 11.8 Å². The van der Waals surface area contributed by atoms with Crippen molar-refractivity contribution >= 4 is 29.3 Å². The highest BCUT2D eigenvalue weighted by Gasteiger charge is 2.37. The summed E-state index contributed by atoms with van der Waals surface area (Å²) in [6.07, 6.45) is 17.0. The van der Waals surface area contributed by atoms with Crippen LogP contribution in [0.4, 0.5) is 5.69 Å². The number of piperidine rings is 1. The largest absolute Gasteiger partial charge is 0.474 e. The second kappa shape index (κ2) is 15.8. The maximum absolute atomic E-state index is 13.7. The summed E-state index contributed by atoms with van der Waals surface area (Å²) in [5.41, 5.74) is 1.22. The highest BCUT2D eigenvalue weighted by molar-refractivity contribution is 8.00. The summed E-state index contributed by atoms with van der Waals surface area (Å²) >= 11 is 1.66. The minimum absolute atomic E-state index is 0.0775. The van der Waals surface area contributed by atoms with Crippen molar-refractivity contribution in [3.05, 3.63) is 35.6 Å². The third-order valence-electron chi connectivity index (χ3n) is 11.2. The number of nitrogens with one attached hydrogen (secondary N) is 3. The summed E-state index contributed by atoms with van der Waals surface area (Å²) in [5.74, 6) is 3.01. The molecule has 6 rings (SSSR count). The van der Waals surface area contributed by atoms with Gasteiger partial charge in [0.1, 0.15) is 11.5 Å². The maximum Gasteiger partial charge on any atom is 0.291 e. The van der Waals surface area contributed by atoms with E-state index in [4.69, 9.17) is 9.26 Å². The average molecular weight is 665 g/mol. The number of fused-ring (bicyclic) bond motifs is 2. The third-order valence-corrected chi connectivity index (χ3v) is 12.6. The molecule has 0 spiro atoms. The van der Waals surface area contributed by atoms with Gasteiger partial charge in [0.25, 0.3) is 11.8 Å². The van der Waals surface area contributed by atoms with Crippen molar-refractivity contribution in [3.63, 3.8) is 0 Å². The van der Waals surface area contributed by atoms with E-state index in [1.807, 2.05) is 26.0 Å². The van der Waals surface area contributed by atoms with Crippen molar-refractivity contribution in [1.29, 1.82) is 0 Å². The highest BCUT2D eigenvalue weighted by atomic mass is 32.2. The molecule has 258 valence electrons. The van der Waals surface area contributed by atoms with E-state index < -0.39 is 5.41 Å². The fourth-order valence-corrected chi connectivity index (χ4v) is 9.68. The van der Waals surface area contributed by atoms with Crippen LogP contribution in [0.3, 0.4) is 0 Å². The lowest BCUT2D eigenvalue weighted by Gasteiger charge is -2.41. The Morgan fingerprint density at radius 1 is 1.02 bits per heavy atom. The maximum atomic E-state index is 13.7. The zero-order valence-corrected chi connectivity index (χ0v) is 29.6. The lowest BCUT2D eigenvalue weighted by Crippen LogP contribution is -2.42. The van der Waals surface area contributed by atoms with E-state index in [0.29, 0.717) is 27.9 Å². The van der Waals surface area contributed by atoms with Crippen molar-refractivity contribution in [2.45, 2.75) is 127 Å². The molecule has 2 aromatic rings. The molecule has 0 radical (unpaired) electrons. The molecular formula is C38H56N4O4S. The molecule has 2 heterocycles. The first kappa shape index (κ1) is 34.3. The summed E-state index contributed by atoms with van der Waals surface area (Å²) in [5, 5.41) is 14.5. The lowest BCUT2D eigenvalue weighted by molar-refractivity contribution is -0.125. The minimum atomic E-state index is -0.841. The first-order chi connectivity index (χ1) is 22.7. The van der Waals surface area contributed by atoms with Crippen LogP contribution in [0.1, 0.15) is 120 Å². The van der Waals surface area contributed by atoms with E-state index in [9.17, 15) is 9.59 Å². The average Bonchev–Trinajstić information content (AvgIpc) is 3.47. The molecule has 3 saturated carbocycles. The lowest BCUT2D eigenvalue weighted by atomic mass is 9.66. The highest BCUT2D eigenvalue weighted by Crippen LogP contribution is 2.44. The molecule has 3 unspecified atom stereocenters. The molecule has 3 N–H and O–H groups in total. The van der Waals surface area contributed by atoms with Gasteiger partial charge in [-0.3, -0.25) is 9.59 Å². The Kier molecular flexibility index (Phi) is 11.5. The normalized spacial score (nSPS) is 24.8. The quantitative estimate of drug-likeness (QED) is 0.211. The number of carbonyl (C=O) groups is 2. The summed E-state index contributed by atoms with van der Waals surface area (Å²) < 4.78 is 12.0. The molecule has 2 bridgehead atoms. The fraction of sp³-hybridized carbons (Fsp3) is 0.711. The first-order valence-electron chi connectivity index (χ1n) is 18.4. The van der Waals surface area contributed by atoms with Crippen LogP contribution < -0.4 is 20.7 Å². The van der Waals surface area contributed by atoms with E-state index in [1.165, 1.54) is 76.2 Å². The van der Waals surface area contributed by atoms with Crippen LogP contribution in [0.25, 0.3) is 0 Å². The van der Waals surface area contributed by atoms with Crippen LogP contribution in [0.15, 0.2) is 33.7 Å². The van der Waals surface area contributed by atoms with Gasteiger partial charge in [0.2, 0.25) is 11.7 Å². The number of hydrogen-bond donors (Lipinski definition) is 3. The van der Waals surface area contributed by atoms with Gasteiger partial charge in [-0.25, -0.2) is 0 Å². The molecule has 1 aromatic carbocycles. The number of amides is 2. The monoisotopic (exact) mass is 664 g/mol. The number of nitrogens with zero attached hydrogens (tertiary/aromatic N) is 1. The summed E-state index contributed by atoms with van der Waals surface area (Å²) in [4.78, 5) is 27.9. The molecule has 1 aliphatic heterocycles. The number of carbonyl (C=O) groups excluding carboxylic acids is 2. The van der Waals surface area contributed by atoms with E-state index in [-0.39, 0.29) is 30.2 Å². The van der Waals surface area contributed by atoms with Gasteiger partial charge >= 0.3 is 0 Å². The molecule has 8 nitrogen and oxygen atoms in total. The molecule has 1 aromatic heterocycles. The van der Waals surface area contributed by atoms with E-state index in [2.05, 4.69) is 40.2 Å². The Labute approximate surface area is 285 Å². The molecule has 3 atom stereocenters.